The van der Waals surface area contributed by atoms with Crippen molar-refractivity contribution in [2.75, 3.05) is 48.0 Å². The van der Waals surface area contributed by atoms with Crippen LogP contribution in [0.15, 0.2) is 54.6 Å². The number of ketones is 1. The molecule has 3 rings (SSSR count). The molecule has 0 bridgehead atoms. The van der Waals surface area contributed by atoms with Gasteiger partial charge >= 0.3 is 0 Å². The molecule has 36 heavy (non-hydrogen) atoms. The van der Waals surface area contributed by atoms with Gasteiger partial charge in [0.05, 0.1) is 25.8 Å². The summed E-state index contributed by atoms with van der Waals surface area (Å²) in [5.41, 5.74) is 1.85. The summed E-state index contributed by atoms with van der Waals surface area (Å²) < 4.78 is 16.4. The van der Waals surface area contributed by atoms with E-state index in [-0.39, 0.29) is 11.3 Å². The molecule has 2 aromatic carbocycles. The van der Waals surface area contributed by atoms with Gasteiger partial charge in [-0.2, -0.15) is 0 Å². The average molecular weight is 495 g/mol. The quantitative estimate of drug-likeness (QED) is 0.219. The zero-order chi connectivity index (χ0) is 26.4. The maximum Gasteiger partial charge on any atom is 0.295 e. The predicted molar refractivity (Wildman–Crippen MR) is 139 cm³/mol. The van der Waals surface area contributed by atoms with Crippen LogP contribution in [-0.4, -0.2) is 74.6 Å². The van der Waals surface area contributed by atoms with Crippen LogP contribution in [0.2, 0.25) is 0 Å². The number of rotatable bonds is 11. The van der Waals surface area contributed by atoms with E-state index in [0.717, 1.165) is 6.54 Å². The molecule has 1 saturated heterocycles. The first-order chi connectivity index (χ1) is 17.2. The van der Waals surface area contributed by atoms with E-state index >= 15 is 0 Å². The summed E-state index contributed by atoms with van der Waals surface area (Å²) in [6.07, 6.45) is 2.31. The highest BCUT2D eigenvalue weighted by Crippen LogP contribution is 2.42. The lowest BCUT2D eigenvalue weighted by atomic mass is 9.93. The molecule has 1 N–H and O–H groups in total. The van der Waals surface area contributed by atoms with E-state index in [1.165, 1.54) is 19.1 Å². The highest BCUT2D eigenvalue weighted by atomic mass is 16.5. The second-order valence-corrected chi connectivity index (χ2v) is 8.84. The number of aliphatic hydroxyl groups is 1. The molecule has 1 atom stereocenters. The van der Waals surface area contributed by atoms with E-state index < -0.39 is 17.7 Å². The van der Waals surface area contributed by atoms with Crippen LogP contribution >= 0.6 is 0 Å². The summed E-state index contributed by atoms with van der Waals surface area (Å²) in [5, 5.41) is 11.4. The minimum absolute atomic E-state index is 0.0416. The van der Waals surface area contributed by atoms with Crippen LogP contribution in [0, 0.1) is 6.92 Å². The normalized spacial score (nSPS) is 16.9. The highest BCUT2D eigenvalue weighted by molar-refractivity contribution is 6.46. The molecule has 1 amide bonds. The van der Waals surface area contributed by atoms with Gasteiger partial charge in [-0.25, -0.2) is 0 Å². The number of amides is 1. The number of likely N-dealkylation sites (tertiary alicyclic amines) is 1. The fourth-order valence-electron chi connectivity index (χ4n) is 4.33. The van der Waals surface area contributed by atoms with Gasteiger partial charge in [0.1, 0.15) is 18.1 Å². The minimum atomic E-state index is -0.775. The summed E-state index contributed by atoms with van der Waals surface area (Å²) in [6, 6.07) is 9.65. The summed E-state index contributed by atoms with van der Waals surface area (Å²) in [7, 11) is 6.96. The molecule has 0 aliphatic carbocycles. The number of aryl methyl sites for hydroxylation is 1. The van der Waals surface area contributed by atoms with Crippen LogP contribution in [0.4, 0.5) is 0 Å². The van der Waals surface area contributed by atoms with E-state index in [0.29, 0.717) is 53.5 Å². The number of carbonyl (C=O) groups is 2. The van der Waals surface area contributed by atoms with Crippen molar-refractivity contribution in [3.05, 3.63) is 71.3 Å². The Morgan fingerprint density at radius 2 is 1.83 bits per heavy atom. The maximum atomic E-state index is 13.3. The van der Waals surface area contributed by atoms with Crippen LogP contribution in [0.25, 0.3) is 5.76 Å². The Kier molecular flexibility index (Phi) is 8.77. The van der Waals surface area contributed by atoms with Crippen LogP contribution < -0.4 is 14.2 Å². The predicted octanol–water partition coefficient (Wildman–Crippen LogP) is 3.95. The second kappa shape index (κ2) is 11.8. The molecule has 0 radical (unpaired) electrons. The number of benzene rings is 2. The first kappa shape index (κ1) is 26.8. The van der Waals surface area contributed by atoms with Crippen molar-refractivity contribution in [1.82, 2.24) is 9.80 Å². The zero-order valence-corrected chi connectivity index (χ0v) is 21.5. The molecule has 0 spiro atoms. The van der Waals surface area contributed by atoms with Gasteiger partial charge in [0.2, 0.25) is 0 Å². The Balaban J connectivity index is 2.13. The van der Waals surface area contributed by atoms with Gasteiger partial charge in [-0.05, 0) is 75.4 Å². The van der Waals surface area contributed by atoms with Crippen molar-refractivity contribution in [3.63, 3.8) is 0 Å². The fraction of sp³-hybridized carbons (Fsp3) is 0.357. The molecular weight excluding hydrogens is 460 g/mol. The first-order valence-corrected chi connectivity index (χ1v) is 11.7. The summed E-state index contributed by atoms with van der Waals surface area (Å²) in [5.74, 6) is 0.0216. The van der Waals surface area contributed by atoms with Crippen molar-refractivity contribution in [3.8, 4) is 17.2 Å². The molecule has 0 aromatic heterocycles. The van der Waals surface area contributed by atoms with Gasteiger partial charge in [0.15, 0.2) is 11.5 Å². The molecule has 1 aliphatic rings. The molecular formula is C28H34N2O6. The third-order valence-corrected chi connectivity index (χ3v) is 6.09. The highest BCUT2D eigenvalue weighted by Gasteiger charge is 2.46. The largest absolute Gasteiger partial charge is 0.507 e. The third kappa shape index (κ3) is 5.54. The number of methoxy groups -OCH3 is 2. The molecule has 1 heterocycles. The Morgan fingerprint density at radius 1 is 1.11 bits per heavy atom. The number of Topliss-reactive ketones (excluding diaryl/α,β-unsaturated/α-hetero) is 1. The van der Waals surface area contributed by atoms with Gasteiger partial charge in [0, 0.05) is 12.1 Å². The Bertz CT molecular complexity index is 1170. The fourth-order valence-corrected chi connectivity index (χ4v) is 4.33. The van der Waals surface area contributed by atoms with Gasteiger partial charge in [-0.3, -0.25) is 9.59 Å². The molecule has 8 nitrogen and oxygen atoms in total. The third-order valence-electron chi connectivity index (χ3n) is 6.09. The van der Waals surface area contributed by atoms with Crippen molar-refractivity contribution in [1.29, 1.82) is 0 Å². The average Bonchev–Trinajstić information content (AvgIpc) is 3.11. The zero-order valence-electron chi connectivity index (χ0n) is 21.5. The number of ether oxygens (including phenoxy) is 3. The molecule has 0 saturated carbocycles. The van der Waals surface area contributed by atoms with Crippen molar-refractivity contribution >= 4 is 17.4 Å². The van der Waals surface area contributed by atoms with Crippen LogP contribution in [0.3, 0.4) is 0 Å². The lowest BCUT2D eigenvalue weighted by Gasteiger charge is -2.26. The molecule has 1 aliphatic heterocycles. The second-order valence-electron chi connectivity index (χ2n) is 8.84. The van der Waals surface area contributed by atoms with E-state index in [1.807, 2.05) is 25.9 Å². The van der Waals surface area contributed by atoms with Crippen LogP contribution in [-0.2, 0) is 9.59 Å². The lowest BCUT2D eigenvalue weighted by molar-refractivity contribution is -0.139. The van der Waals surface area contributed by atoms with Crippen LogP contribution in [0.5, 0.6) is 17.2 Å². The summed E-state index contributed by atoms with van der Waals surface area (Å²) >= 11 is 0. The Hall–Kier alpha value is -3.78. The number of nitrogens with zero attached hydrogens (tertiary/aromatic N) is 2. The standard InChI is InChI=1S/C28H34N2O6/c1-7-15-36-20-10-11-21(18(2)16-20)26(31)24-25(19-9-12-22(34-5)23(17-19)35-6)30(28(33)27(24)32)14-8-13-29(3)4/h7,9-12,16-17,25,31H,1,8,13-15H2,2-6H3/t25-/m0/s1. The minimum Gasteiger partial charge on any atom is -0.507 e. The number of aliphatic hydroxyl groups excluding tert-OH is 1. The van der Waals surface area contributed by atoms with E-state index in [1.54, 1.807) is 42.5 Å². The summed E-state index contributed by atoms with van der Waals surface area (Å²) in [4.78, 5) is 30.0. The van der Waals surface area contributed by atoms with Gasteiger partial charge in [0.25, 0.3) is 11.7 Å². The van der Waals surface area contributed by atoms with Gasteiger partial charge in [-0.1, -0.05) is 18.7 Å². The lowest BCUT2D eigenvalue weighted by Crippen LogP contribution is -2.32. The van der Waals surface area contributed by atoms with E-state index in [2.05, 4.69) is 6.58 Å². The molecule has 2 aromatic rings. The molecule has 0 unspecified atom stereocenters. The SMILES string of the molecule is C=CCOc1ccc(C(O)=C2C(=O)C(=O)N(CCCN(C)C)[C@H]2c2ccc(OC)c(OC)c2)c(C)c1. The van der Waals surface area contributed by atoms with Crippen molar-refractivity contribution in [2.24, 2.45) is 0 Å². The molecule has 192 valence electrons. The van der Waals surface area contributed by atoms with Crippen molar-refractivity contribution in [2.45, 2.75) is 19.4 Å². The van der Waals surface area contributed by atoms with Crippen LogP contribution in [0.1, 0.15) is 29.2 Å². The molecule has 8 heteroatoms. The Labute approximate surface area is 212 Å². The van der Waals surface area contributed by atoms with Gasteiger partial charge < -0.3 is 29.1 Å². The Morgan fingerprint density at radius 3 is 2.44 bits per heavy atom. The van der Waals surface area contributed by atoms with E-state index in [4.69, 9.17) is 14.2 Å². The van der Waals surface area contributed by atoms with Crippen molar-refractivity contribution < 1.29 is 28.9 Å². The smallest absolute Gasteiger partial charge is 0.295 e. The summed E-state index contributed by atoms with van der Waals surface area (Å²) in [6.45, 7) is 6.90. The molecule has 1 fully saturated rings. The monoisotopic (exact) mass is 494 g/mol. The number of carbonyl (C=O) groups excluding carboxylic acids is 2. The number of hydrogen-bond acceptors (Lipinski definition) is 7. The number of hydrogen-bond donors (Lipinski definition) is 1. The topological polar surface area (TPSA) is 88.5 Å². The maximum absolute atomic E-state index is 13.3. The first-order valence-electron chi connectivity index (χ1n) is 11.7. The van der Waals surface area contributed by atoms with Gasteiger partial charge in [-0.15, -0.1) is 0 Å². The van der Waals surface area contributed by atoms with E-state index in [9.17, 15) is 14.7 Å².